The van der Waals surface area contributed by atoms with Crippen molar-refractivity contribution in [1.29, 1.82) is 5.26 Å². The number of rotatable bonds is 4. The molecule has 1 heterocycles. The molecule has 7 heteroatoms. The van der Waals surface area contributed by atoms with Crippen molar-refractivity contribution in [2.45, 2.75) is 39.2 Å². The molecule has 2 N–H and O–H groups in total. The van der Waals surface area contributed by atoms with Gasteiger partial charge in [0, 0.05) is 0 Å². The number of nitrogens with two attached hydrogens (primary N) is 1. The van der Waals surface area contributed by atoms with E-state index in [1.54, 1.807) is 45.9 Å². The Balaban J connectivity index is 2.64. The topological polar surface area (TPSA) is 104 Å². The van der Waals surface area contributed by atoms with E-state index >= 15 is 0 Å². The molecule has 144 valence electrons. The lowest BCUT2D eigenvalue weighted by molar-refractivity contribution is -0.150. The van der Waals surface area contributed by atoms with E-state index in [0.717, 1.165) is 0 Å². The van der Waals surface area contributed by atoms with Crippen LogP contribution in [0.15, 0.2) is 41.0 Å². The van der Waals surface area contributed by atoms with E-state index in [4.69, 9.17) is 24.7 Å². The molecule has 0 fully saturated rings. The summed E-state index contributed by atoms with van der Waals surface area (Å²) >= 11 is 0. The lowest BCUT2D eigenvalue weighted by Crippen LogP contribution is -2.30. The van der Waals surface area contributed by atoms with Gasteiger partial charge in [0.15, 0.2) is 11.5 Å². The van der Waals surface area contributed by atoms with E-state index in [2.05, 4.69) is 6.07 Å². The molecule has 1 aliphatic heterocycles. The predicted octanol–water partition coefficient (Wildman–Crippen LogP) is 3.13. The Kier molecular flexibility index (Phi) is 5.69. The monoisotopic (exact) mass is 372 g/mol. The van der Waals surface area contributed by atoms with Crippen LogP contribution in [0.25, 0.3) is 0 Å². The number of methoxy groups -OCH3 is 2. The Morgan fingerprint density at radius 1 is 1.22 bits per heavy atom. The van der Waals surface area contributed by atoms with E-state index in [0.29, 0.717) is 22.8 Å². The fourth-order valence-electron chi connectivity index (χ4n) is 2.84. The van der Waals surface area contributed by atoms with E-state index < -0.39 is 17.5 Å². The van der Waals surface area contributed by atoms with Crippen LogP contribution in [0.3, 0.4) is 0 Å². The SMILES string of the molecule is COc1ccc([C@H]2C(C#N)=C(N)OC(C)=C2C(=O)OC(C)(C)C)cc1OC. The lowest BCUT2D eigenvalue weighted by Gasteiger charge is -2.29. The van der Waals surface area contributed by atoms with Crippen molar-refractivity contribution in [2.24, 2.45) is 5.73 Å². The highest BCUT2D eigenvalue weighted by Gasteiger charge is 2.38. The third-order valence-corrected chi connectivity index (χ3v) is 3.97. The second kappa shape index (κ2) is 7.62. The quantitative estimate of drug-likeness (QED) is 0.810. The molecule has 0 amide bonds. The second-order valence-electron chi connectivity index (χ2n) is 7.01. The average molecular weight is 372 g/mol. The maximum absolute atomic E-state index is 12.9. The van der Waals surface area contributed by atoms with Crippen LogP contribution in [0.4, 0.5) is 0 Å². The van der Waals surface area contributed by atoms with Gasteiger partial charge in [-0.25, -0.2) is 4.79 Å². The number of hydrogen-bond donors (Lipinski definition) is 1. The summed E-state index contributed by atoms with van der Waals surface area (Å²) in [5.74, 6) is -0.0529. The van der Waals surface area contributed by atoms with Crippen molar-refractivity contribution >= 4 is 5.97 Å². The molecule has 0 spiro atoms. The number of carbonyl (C=O) groups excluding carboxylic acids is 1. The summed E-state index contributed by atoms with van der Waals surface area (Å²) in [5, 5.41) is 9.64. The second-order valence-corrected chi connectivity index (χ2v) is 7.01. The molecule has 1 atom stereocenters. The van der Waals surface area contributed by atoms with Crippen LogP contribution in [-0.4, -0.2) is 25.8 Å². The molecule has 0 aliphatic carbocycles. The molecule has 27 heavy (non-hydrogen) atoms. The fourth-order valence-corrected chi connectivity index (χ4v) is 2.84. The highest BCUT2D eigenvalue weighted by Crippen LogP contribution is 2.42. The number of esters is 1. The zero-order chi connectivity index (χ0) is 20.4. The summed E-state index contributed by atoms with van der Waals surface area (Å²) in [4.78, 5) is 12.9. The lowest BCUT2D eigenvalue weighted by atomic mass is 9.83. The summed E-state index contributed by atoms with van der Waals surface area (Å²) in [6, 6.07) is 7.21. The standard InChI is InChI=1S/C20H24N2O5/c1-11-16(19(23)27-20(2,3)4)17(13(10-21)18(22)26-11)12-7-8-14(24-5)15(9-12)25-6/h7-9,17H,22H2,1-6H3/t17-/m0/s1. The third-order valence-electron chi connectivity index (χ3n) is 3.97. The van der Waals surface area contributed by atoms with Gasteiger partial charge in [0.05, 0.1) is 25.7 Å². The van der Waals surface area contributed by atoms with Gasteiger partial charge < -0.3 is 24.7 Å². The van der Waals surface area contributed by atoms with E-state index in [1.165, 1.54) is 14.2 Å². The minimum Gasteiger partial charge on any atom is -0.493 e. The average Bonchev–Trinajstić information content (AvgIpc) is 2.58. The molecular weight excluding hydrogens is 348 g/mol. The first-order valence-corrected chi connectivity index (χ1v) is 8.36. The minimum atomic E-state index is -0.738. The van der Waals surface area contributed by atoms with Gasteiger partial charge in [0.25, 0.3) is 0 Å². The van der Waals surface area contributed by atoms with Crippen LogP contribution in [0, 0.1) is 11.3 Å². The molecule has 0 radical (unpaired) electrons. The number of hydrogen-bond acceptors (Lipinski definition) is 7. The molecule has 0 bridgehead atoms. The van der Waals surface area contributed by atoms with Gasteiger partial charge in [-0.3, -0.25) is 0 Å². The zero-order valence-corrected chi connectivity index (χ0v) is 16.4. The highest BCUT2D eigenvalue weighted by molar-refractivity contribution is 5.93. The van der Waals surface area contributed by atoms with Crippen LogP contribution in [0.1, 0.15) is 39.2 Å². The summed E-state index contributed by atoms with van der Waals surface area (Å²) in [5.41, 5.74) is 6.21. The van der Waals surface area contributed by atoms with Gasteiger partial charge in [-0.15, -0.1) is 0 Å². The van der Waals surface area contributed by atoms with E-state index in [9.17, 15) is 10.1 Å². The van der Waals surface area contributed by atoms with Crippen molar-refractivity contribution in [1.82, 2.24) is 0 Å². The summed E-state index contributed by atoms with van der Waals surface area (Å²) < 4.78 is 21.6. The molecule has 0 aromatic heterocycles. The van der Waals surface area contributed by atoms with Gasteiger partial charge >= 0.3 is 5.97 Å². The molecule has 0 unspecified atom stereocenters. The van der Waals surface area contributed by atoms with Gasteiger partial charge in [-0.2, -0.15) is 5.26 Å². The van der Waals surface area contributed by atoms with Crippen LogP contribution < -0.4 is 15.2 Å². The molecule has 1 aromatic rings. The number of benzene rings is 1. The Labute approximate surface area is 159 Å². The van der Waals surface area contributed by atoms with Crippen LogP contribution in [0.2, 0.25) is 0 Å². The van der Waals surface area contributed by atoms with Gasteiger partial charge in [-0.1, -0.05) is 6.07 Å². The largest absolute Gasteiger partial charge is 0.493 e. The van der Waals surface area contributed by atoms with E-state index in [-0.39, 0.29) is 17.0 Å². The number of allylic oxidation sites excluding steroid dienone is 2. The predicted molar refractivity (Wildman–Crippen MR) is 98.7 cm³/mol. The van der Waals surface area contributed by atoms with Gasteiger partial charge in [0.2, 0.25) is 5.88 Å². The molecule has 0 saturated carbocycles. The van der Waals surface area contributed by atoms with Crippen molar-refractivity contribution in [3.8, 4) is 17.6 Å². The Hall–Kier alpha value is -3.14. The number of nitriles is 1. The normalized spacial score (nSPS) is 17.1. The highest BCUT2D eigenvalue weighted by atomic mass is 16.6. The van der Waals surface area contributed by atoms with Gasteiger partial charge in [-0.05, 0) is 45.4 Å². The van der Waals surface area contributed by atoms with Gasteiger partial charge in [0.1, 0.15) is 23.0 Å². The number of carbonyl (C=O) groups is 1. The molecule has 7 nitrogen and oxygen atoms in total. The van der Waals surface area contributed by atoms with Crippen LogP contribution >= 0.6 is 0 Å². The first-order chi connectivity index (χ1) is 12.6. The fraction of sp³-hybridized carbons (Fsp3) is 0.400. The summed E-state index contributed by atoms with van der Waals surface area (Å²) in [6.07, 6.45) is 0. The Morgan fingerprint density at radius 3 is 2.37 bits per heavy atom. The third kappa shape index (κ3) is 4.17. The van der Waals surface area contributed by atoms with Crippen molar-refractivity contribution in [3.63, 3.8) is 0 Å². The first-order valence-electron chi connectivity index (χ1n) is 8.36. The van der Waals surface area contributed by atoms with Crippen molar-refractivity contribution in [3.05, 3.63) is 46.6 Å². The van der Waals surface area contributed by atoms with Crippen molar-refractivity contribution in [2.75, 3.05) is 14.2 Å². The Bertz CT molecular complexity index is 856. The molecule has 2 rings (SSSR count). The van der Waals surface area contributed by atoms with E-state index in [1.807, 2.05) is 0 Å². The molecule has 0 saturated heterocycles. The van der Waals surface area contributed by atoms with Crippen LogP contribution in [0.5, 0.6) is 11.5 Å². The summed E-state index contributed by atoms with van der Waals surface area (Å²) in [6.45, 7) is 6.93. The maximum atomic E-state index is 12.9. The van der Waals surface area contributed by atoms with Crippen LogP contribution in [-0.2, 0) is 14.3 Å². The minimum absolute atomic E-state index is 0.0397. The molecule has 1 aromatic carbocycles. The zero-order valence-electron chi connectivity index (χ0n) is 16.4. The summed E-state index contributed by atoms with van der Waals surface area (Å²) in [7, 11) is 3.04. The van der Waals surface area contributed by atoms with Crippen molar-refractivity contribution < 1.29 is 23.7 Å². The number of ether oxygens (including phenoxy) is 4. The number of nitrogens with zero attached hydrogens (tertiary/aromatic N) is 1. The smallest absolute Gasteiger partial charge is 0.338 e. The molecular formula is C20H24N2O5. The Morgan fingerprint density at radius 2 is 1.85 bits per heavy atom. The first kappa shape index (κ1) is 20.2. The maximum Gasteiger partial charge on any atom is 0.338 e. The molecule has 1 aliphatic rings.